The molecular weight excluding hydrogens is 678 g/mol. The van der Waals surface area contributed by atoms with E-state index in [9.17, 15) is 30.2 Å². The zero-order valence-electron chi connectivity index (χ0n) is 30.8. The summed E-state index contributed by atoms with van der Waals surface area (Å²) in [5, 5.41) is 46.2. The summed E-state index contributed by atoms with van der Waals surface area (Å²) in [4.78, 5) is 32.7. The number of phenols is 1. The summed E-state index contributed by atoms with van der Waals surface area (Å²) in [6.45, 7) is 8.87. The Morgan fingerprint density at radius 3 is 2.51 bits per heavy atom. The predicted octanol–water partition coefficient (Wildman–Crippen LogP) is 6.91. The minimum absolute atomic E-state index is 0.0371. The highest BCUT2D eigenvalue weighted by Crippen LogP contribution is 2.61. The molecule has 53 heavy (non-hydrogen) atoms. The molecule has 2 aromatic carbocycles. The Balaban J connectivity index is 1.70. The SMILES string of the molecule is C=CCO[C@@]12Oc3ccc(O)cc3[C@H]3[C@H](CCCCO)[C@@H](CCCCO)C=C(C(=NOCC)C[C@@H]1N(CCC)C(=O)C=Cc1ccc([N+](=O)[O-])cc1)[C@H]32. The fourth-order valence-electron chi connectivity index (χ4n) is 8.43. The number of aliphatic hydroxyl groups excluding tert-OH is 2. The Labute approximate surface area is 311 Å². The molecule has 1 saturated carbocycles. The van der Waals surface area contributed by atoms with Crippen molar-refractivity contribution in [3.63, 3.8) is 0 Å². The van der Waals surface area contributed by atoms with Gasteiger partial charge in [-0.05, 0) is 98.4 Å². The van der Waals surface area contributed by atoms with Crippen molar-refractivity contribution in [2.24, 2.45) is 22.9 Å². The van der Waals surface area contributed by atoms with Crippen LogP contribution in [0, 0.1) is 27.9 Å². The number of aliphatic hydroxyl groups is 2. The minimum Gasteiger partial charge on any atom is -0.508 e. The first-order valence-electron chi connectivity index (χ1n) is 18.8. The summed E-state index contributed by atoms with van der Waals surface area (Å²) in [6, 6.07) is 10.5. The molecule has 0 bridgehead atoms. The van der Waals surface area contributed by atoms with Crippen LogP contribution < -0.4 is 4.74 Å². The number of benzene rings is 2. The van der Waals surface area contributed by atoms with Gasteiger partial charge in [0.05, 0.1) is 23.2 Å². The molecule has 0 spiro atoms. The molecule has 0 aromatic heterocycles. The van der Waals surface area contributed by atoms with E-state index in [0.29, 0.717) is 49.4 Å². The average Bonchev–Trinajstić information content (AvgIpc) is 3.16. The van der Waals surface area contributed by atoms with Crippen LogP contribution in [0.3, 0.4) is 0 Å². The van der Waals surface area contributed by atoms with Crippen molar-refractivity contribution in [3.05, 3.63) is 94.1 Å². The lowest BCUT2D eigenvalue weighted by Crippen LogP contribution is -2.70. The maximum atomic E-state index is 14.4. The predicted molar refractivity (Wildman–Crippen MR) is 202 cm³/mol. The van der Waals surface area contributed by atoms with Gasteiger partial charge in [-0.25, -0.2) is 0 Å². The summed E-state index contributed by atoms with van der Waals surface area (Å²) >= 11 is 0. The number of nitro groups is 1. The van der Waals surface area contributed by atoms with Gasteiger partial charge < -0.3 is 34.5 Å². The largest absolute Gasteiger partial charge is 0.508 e. The lowest BCUT2D eigenvalue weighted by molar-refractivity contribution is -0.384. The van der Waals surface area contributed by atoms with Crippen LogP contribution in [-0.4, -0.2) is 81.6 Å². The number of unbranched alkanes of at least 4 members (excludes halogenated alkanes) is 2. The number of oxime groups is 1. The van der Waals surface area contributed by atoms with Gasteiger partial charge in [0.15, 0.2) is 0 Å². The molecule has 12 heteroatoms. The Kier molecular flexibility index (Phi) is 13.8. The number of phenolic OH excluding ortho intramolecular Hbond substituents is 1. The van der Waals surface area contributed by atoms with Crippen LogP contribution in [0.25, 0.3) is 6.08 Å². The van der Waals surface area contributed by atoms with Crippen molar-refractivity contribution < 1.29 is 39.3 Å². The third-order valence-electron chi connectivity index (χ3n) is 10.6. The lowest BCUT2D eigenvalue weighted by Gasteiger charge is -2.60. The van der Waals surface area contributed by atoms with Gasteiger partial charge in [0.25, 0.3) is 5.69 Å². The van der Waals surface area contributed by atoms with Gasteiger partial charge in [0, 0.05) is 55.9 Å². The van der Waals surface area contributed by atoms with Crippen molar-refractivity contribution in [1.82, 2.24) is 4.90 Å². The molecule has 1 aliphatic heterocycles. The van der Waals surface area contributed by atoms with Crippen LogP contribution in [0.1, 0.15) is 82.3 Å². The minimum atomic E-state index is -1.39. The first-order chi connectivity index (χ1) is 25.7. The van der Waals surface area contributed by atoms with E-state index in [-0.39, 0.29) is 61.3 Å². The van der Waals surface area contributed by atoms with Crippen LogP contribution in [0.4, 0.5) is 5.69 Å². The molecule has 12 nitrogen and oxygen atoms in total. The van der Waals surface area contributed by atoms with Crippen LogP contribution in [0.5, 0.6) is 11.5 Å². The van der Waals surface area contributed by atoms with E-state index >= 15 is 0 Å². The van der Waals surface area contributed by atoms with Crippen LogP contribution >= 0.6 is 0 Å². The number of ether oxygens (including phenoxy) is 2. The van der Waals surface area contributed by atoms with Crippen molar-refractivity contribution in [3.8, 4) is 11.5 Å². The average molecular weight is 732 g/mol. The third kappa shape index (κ3) is 8.66. The number of aromatic hydroxyl groups is 1. The molecule has 0 unspecified atom stereocenters. The number of nitrogens with zero attached hydrogens (tertiary/aromatic N) is 3. The highest BCUT2D eigenvalue weighted by atomic mass is 16.7. The van der Waals surface area contributed by atoms with Crippen molar-refractivity contribution in [2.45, 2.75) is 83.0 Å². The van der Waals surface area contributed by atoms with Gasteiger partial charge in [-0.3, -0.25) is 14.9 Å². The maximum Gasteiger partial charge on any atom is 0.269 e. The van der Waals surface area contributed by atoms with Gasteiger partial charge in [0.1, 0.15) is 24.1 Å². The number of non-ortho nitro benzene ring substituents is 1. The zero-order valence-corrected chi connectivity index (χ0v) is 30.8. The maximum absolute atomic E-state index is 14.4. The Morgan fingerprint density at radius 2 is 1.85 bits per heavy atom. The van der Waals surface area contributed by atoms with E-state index in [4.69, 9.17) is 14.3 Å². The highest BCUT2D eigenvalue weighted by Gasteiger charge is 2.65. The smallest absolute Gasteiger partial charge is 0.269 e. The van der Waals surface area contributed by atoms with Gasteiger partial charge >= 0.3 is 0 Å². The quantitative estimate of drug-likeness (QED) is 0.0458. The monoisotopic (exact) mass is 731 g/mol. The van der Waals surface area contributed by atoms with Gasteiger partial charge in [-0.1, -0.05) is 37.1 Å². The summed E-state index contributed by atoms with van der Waals surface area (Å²) in [5.74, 6) is -1.55. The Hall–Kier alpha value is -4.52. The van der Waals surface area contributed by atoms with E-state index in [2.05, 4.69) is 17.8 Å². The van der Waals surface area contributed by atoms with Crippen LogP contribution in [0.15, 0.2) is 78.0 Å². The second-order valence-corrected chi connectivity index (χ2v) is 13.9. The van der Waals surface area contributed by atoms with E-state index in [1.165, 1.54) is 18.2 Å². The first-order valence-corrected chi connectivity index (χ1v) is 18.8. The number of hydrogen-bond acceptors (Lipinski definition) is 10. The summed E-state index contributed by atoms with van der Waals surface area (Å²) in [6.07, 6.45) is 12.5. The van der Waals surface area contributed by atoms with E-state index < -0.39 is 22.7 Å². The Morgan fingerprint density at radius 1 is 1.11 bits per heavy atom. The number of nitro benzene ring substituents is 1. The van der Waals surface area contributed by atoms with E-state index in [0.717, 1.165) is 36.8 Å². The molecule has 1 amide bonds. The number of carbonyl (C=O) groups is 1. The van der Waals surface area contributed by atoms with Crippen molar-refractivity contribution in [1.29, 1.82) is 0 Å². The van der Waals surface area contributed by atoms with Crippen LogP contribution in [-0.2, 0) is 14.4 Å². The summed E-state index contributed by atoms with van der Waals surface area (Å²) < 4.78 is 14.0. The number of amides is 1. The molecule has 2 aromatic rings. The fraction of sp³-hybridized carbons (Fsp3) is 0.512. The lowest BCUT2D eigenvalue weighted by atomic mass is 9.55. The molecule has 5 rings (SSSR count). The molecule has 1 fully saturated rings. The number of hydrogen-bond donors (Lipinski definition) is 3. The number of fused-ring (bicyclic) bond motifs is 2. The normalized spacial score (nSPS) is 25.2. The summed E-state index contributed by atoms with van der Waals surface area (Å²) in [7, 11) is 0. The second kappa shape index (κ2) is 18.5. The molecule has 286 valence electrons. The highest BCUT2D eigenvalue weighted by molar-refractivity contribution is 6.03. The van der Waals surface area contributed by atoms with Crippen molar-refractivity contribution in [2.75, 3.05) is 33.0 Å². The van der Waals surface area contributed by atoms with Gasteiger partial charge in [-0.2, -0.15) is 0 Å². The third-order valence-corrected chi connectivity index (χ3v) is 10.6. The van der Waals surface area contributed by atoms with E-state index in [1.807, 2.05) is 13.8 Å². The Bertz CT molecular complexity index is 1670. The van der Waals surface area contributed by atoms with Gasteiger partial charge in [-0.15, -0.1) is 6.58 Å². The standard InChI is InChI=1S/C41H53N3O9/c1-4-21-43(38(48)20-15-28-13-16-30(17-14-28)44(49)50)37-27-35(42-52-6-3)33-25-29(11-7-9-22-45)32(12-8-10-23-46)39-34-26-31(47)18-19-36(34)53-41(37,40(33)39)51-24-5-2/h5,13-20,25-26,29,32,37,39-40,45-47H,2,4,6-12,21-24,27H2,1,3H3/t29-,32+,37-,39+,40+,41+/m0/s1. The number of carbonyl (C=O) groups excluding carboxylic acids is 1. The van der Waals surface area contributed by atoms with E-state index in [1.54, 1.807) is 47.4 Å². The number of allylic oxidation sites excluding steroid dienone is 1. The van der Waals surface area contributed by atoms with Gasteiger partial charge in [0.2, 0.25) is 11.7 Å². The molecule has 3 aliphatic rings. The first kappa shape index (κ1) is 39.7. The van der Waals surface area contributed by atoms with Crippen LogP contribution in [0.2, 0.25) is 0 Å². The second-order valence-electron chi connectivity index (χ2n) is 13.9. The van der Waals surface area contributed by atoms with Crippen molar-refractivity contribution >= 4 is 23.4 Å². The molecule has 0 radical (unpaired) electrons. The molecule has 1 heterocycles. The molecule has 2 aliphatic carbocycles. The zero-order chi connectivity index (χ0) is 38.0. The molecule has 6 atom stereocenters. The molecule has 0 saturated heterocycles. The number of rotatable bonds is 19. The molecule has 3 N–H and O–H groups in total. The fourth-order valence-corrected chi connectivity index (χ4v) is 8.43. The topological polar surface area (TPSA) is 164 Å². The summed E-state index contributed by atoms with van der Waals surface area (Å²) in [5.41, 5.74) is 3.08. The molecular formula is C41H53N3O9.